The fraction of sp³-hybridized carbons (Fsp3) is 0.625. The second-order valence-electron chi connectivity index (χ2n) is 3.28. The van der Waals surface area contributed by atoms with Gasteiger partial charge in [-0.3, -0.25) is 4.68 Å². The van der Waals surface area contributed by atoms with E-state index in [1.165, 1.54) is 6.26 Å². The second-order valence-corrected chi connectivity index (χ2v) is 6.76. The SMILES string of the molecule is CS(=O)(=O)CCSCCn1cc(N)cn1. The molecule has 0 saturated heterocycles. The van der Waals surface area contributed by atoms with Crippen LogP contribution in [0.1, 0.15) is 0 Å². The van der Waals surface area contributed by atoms with Crippen LogP contribution < -0.4 is 5.73 Å². The van der Waals surface area contributed by atoms with Gasteiger partial charge < -0.3 is 5.73 Å². The lowest BCUT2D eigenvalue weighted by Crippen LogP contribution is -2.07. The highest BCUT2D eigenvalue weighted by atomic mass is 32.2. The standard InChI is InChI=1S/C8H15N3O2S2/c1-15(12,13)5-4-14-3-2-11-7-8(9)6-10-11/h6-7H,2-5,9H2,1H3. The maximum atomic E-state index is 10.8. The van der Waals surface area contributed by atoms with Crippen LogP contribution >= 0.6 is 11.8 Å². The predicted octanol–water partition coefficient (Wildman–Crippen LogP) is 0.243. The Morgan fingerprint density at radius 1 is 1.53 bits per heavy atom. The number of aryl methyl sites for hydroxylation is 1. The summed E-state index contributed by atoms with van der Waals surface area (Å²) in [4.78, 5) is 0. The third kappa shape index (κ3) is 5.68. The Morgan fingerprint density at radius 2 is 2.27 bits per heavy atom. The molecular weight excluding hydrogens is 234 g/mol. The largest absolute Gasteiger partial charge is 0.396 e. The van der Waals surface area contributed by atoms with E-state index in [2.05, 4.69) is 5.10 Å². The van der Waals surface area contributed by atoms with Gasteiger partial charge in [-0.1, -0.05) is 0 Å². The van der Waals surface area contributed by atoms with E-state index in [9.17, 15) is 8.42 Å². The van der Waals surface area contributed by atoms with Crippen molar-refractivity contribution in [1.82, 2.24) is 9.78 Å². The molecule has 1 aromatic heterocycles. The van der Waals surface area contributed by atoms with Gasteiger partial charge in [0.25, 0.3) is 0 Å². The zero-order valence-electron chi connectivity index (χ0n) is 8.59. The molecule has 0 atom stereocenters. The minimum Gasteiger partial charge on any atom is -0.396 e. The van der Waals surface area contributed by atoms with Crippen molar-refractivity contribution < 1.29 is 8.42 Å². The zero-order chi connectivity index (χ0) is 11.3. The van der Waals surface area contributed by atoms with Crippen molar-refractivity contribution in [3.05, 3.63) is 12.4 Å². The summed E-state index contributed by atoms with van der Waals surface area (Å²) >= 11 is 1.60. The summed E-state index contributed by atoms with van der Waals surface area (Å²) in [7, 11) is -2.83. The minimum atomic E-state index is -2.83. The first-order valence-electron chi connectivity index (χ1n) is 4.51. The fourth-order valence-electron chi connectivity index (χ4n) is 0.972. The van der Waals surface area contributed by atoms with Gasteiger partial charge in [-0.25, -0.2) is 8.42 Å². The number of aromatic nitrogens is 2. The first-order chi connectivity index (χ1) is 6.97. The van der Waals surface area contributed by atoms with E-state index in [0.29, 0.717) is 11.4 Å². The first kappa shape index (κ1) is 12.4. The van der Waals surface area contributed by atoms with E-state index in [1.54, 1.807) is 28.8 Å². The number of rotatable bonds is 6. The van der Waals surface area contributed by atoms with Gasteiger partial charge in [0.05, 0.1) is 24.2 Å². The number of hydrogen-bond donors (Lipinski definition) is 1. The summed E-state index contributed by atoms with van der Waals surface area (Å²) in [6, 6.07) is 0. The van der Waals surface area contributed by atoms with Crippen molar-refractivity contribution in [1.29, 1.82) is 0 Å². The number of thioether (sulfide) groups is 1. The quantitative estimate of drug-likeness (QED) is 0.731. The van der Waals surface area contributed by atoms with Gasteiger partial charge in [0.15, 0.2) is 0 Å². The molecule has 0 fully saturated rings. The highest BCUT2D eigenvalue weighted by molar-refractivity contribution is 8.00. The first-order valence-corrected chi connectivity index (χ1v) is 7.72. The maximum Gasteiger partial charge on any atom is 0.148 e. The molecule has 0 aliphatic carbocycles. The Balaban J connectivity index is 2.12. The normalized spacial score (nSPS) is 11.8. The molecule has 7 heteroatoms. The number of nitrogens with zero attached hydrogens (tertiary/aromatic N) is 2. The number of anilines is 1. The molecule has 1 heterocycles. The molecule has 0 unspecified atom stereocenters. The van der Waals surface area contributed by atoms with Gasteiger partial charge in [-0.15, -0.1) is 0 Å². The van der Waals surface area contributed by atoms with Crippen LogP contribution in [0.3, 0.4) is 0 Å². The lowest BCUT2D eigenvalue weighted by atomic mass is 10.6. The molecule has 0 saturated carbocycles. The average molecular weight is 249 g/mol. The topological polar surface area (TPSA) is 78.0 Å². The lowest BCUT2D eigenvalue weighted by molar-refractivity contribution is 0.603. The lowest BCUT2D eigenvalue weighted by Gasteiger charge is -2.01. The molecule has 0 aromatic carbocycles. The molecular formula is C8H15N3O2S2. The van der Waals surface area contributed by atoms with Crippen molar-refractivity contribution in [2.45, 2.75) is 6.54 Å². The average Bonchev–Trinajstić information content (AvgIpc) is 2.49. The van der Waals surface area contributed by atoms with Gasteiger partial charge in [0, 0.05) is 24.0 Å². The number of hydrogen-bond acceptors (Lipinski definition) is 5. The maximum absolute atomic E-state index is 10.8. The molecule has 0 aliphatic heterocycles. The summed E-state index contributed by atoms with van der Waals surface area (Å²) in [6.07, 6.45) is 4.61. The van der Waals surface area contributed by atoms with Crippen molar-refractivity contribution in [3.63, 3.8) is 0 Å². The minimum absolute atomic E-state index is 0.235. The Kier molecular flexibility index (Phi) is 4.46. The Labute approximate surface area is 94.0 Å². The second kappa shape index (κ2) is 5.41. The van der Waals surface area contributed by atoms with E-state index in [-0.39, 0.29) is 5.75 Å². The van der Waals surface area contributed by atoms with Crippen LogP contribution in [0.15, 0.2) is 12.4 Å². The van der Waals surface area contributed by atoms with Crippen LogP contribution in [0.2, 0.25) is 0 Å². The molecule has 1 rings (SSSR count). The molecule has 0 amide bonds. The summed E-state index contributed by atoms with van der Waals surface area (Å²) in [6.45, 7) is 0.756. The van der Waals surface area contributed by atoms with Crippen LogP contribution in [0.5, 0.6) is 0 Å². The molecule has 86 valence electrons. The molecule has 0 bridgehead atoms. The predicted molar refractivity (Wildman–Crippen MR) is 63.7 cm³/mol. The van der Waals surface area contributed by atoms with Gasteiger partial charge in [-0.05, 0) is 0 Å². The van der Waals surface area contributed by atoms with E-state index in [1.807, 2.05) is 0 Å². The van der Waals surface area contributed by atoms with Crippen LogP contribution in [0.25, 0.3) is 0 Å². The number of nitrogen functional groups attached to an aromatic ring is 1. The van der Waals surface area contributed by atoms with Gasteiger partial charge in [0.1, 0.15) is 9.84 Å². The molecule has 15 heavy (non-hydrogen) atoms. The Bertz CT molecular complexity index is 400. The van der Waals surface area contributed by atoms with E-state index < -0.39 is 9.84 Å². The fourth-order valence-corrected chi connectivity index (χ4v) is 3.17. The summed E-state index contributed by atoms with van der Waals surface area (Å²) in [5, 5.41) is 4.02. The Morgan fingerprint density at radius 3 is 2.80 bits per heavy atom. The summed E-state index contributed by atoms with van der Waals surface area (Å²) in [5.41, 5.74) is 6.15. The highest BCUT2D eigenvalue weighted by Gasteiger charge is 2.01. The monoisotopic (exact) mass is 249 g/mol. The molecule has 0 spiro atoms. The number of sulfone groups is 1. The van der Waals surface area contributed by atoms with E-state index in [4.69, 9.17) is 5.73 Å². The van der Waals surface area contributed by atoms with Crippen LogP contribution in [0, 0.1) is 0 Å². The van der Waals surface area contributed by atoms with Crippen molar-refractivity contribution in [2.75, 3.05) is 29.2 Å². The molecule has 0 aliphatic rings. The van der Waals surface area contributed by atoms with E-state index >= 15 is 0 Å². The highest BCUT2D eigenvalue weighted by Crippen LogP contribution is 2.04. The third-order valence-electron chi connectivity index (χ3n) is 1.72. The smallest absolute Gasteiger partial charge is 0.148 e. The molecule has 2 N–H and O–H groups in total. The summed E-state index contributed by atoms with van der Waals surface area (Å²) < 4.78 is 23.4. The third-order valence-corrected chi connectivity index (χ3v) is 3.88. The summed E-state index contributed by atoms with van der Waals surface area (Å²) in [5.74, 6) is 1.71. The van der Waals surface area contributed by atoms with Crippen LogP contribution in [-0.4, -0.2) is 41.7 Å². The van der Waals surface area contributed by atoms with E-state index in [0.717, 1.165) is 12.3 Å². The van der Waals surface area contributed by atoms with Crippen LogP contribution in [-0.2, 0) is 16.4 Å². The van der Waals surface area contributed by atoms with Gasteiger partial charge in [0.2, 0.25) is 0 Å². The van der Waals surface area contributed by atoms with Gasteiger partial charge in [-0.2, -0.15) is 16.9 Å². The zero-order valence-corrected chi connectivity index (χ0v) is 10.2. The number of nitrogens with two attached hydrogens (primary N) is 1. The molecule has 5 nitrogen and oxygen atoms in total. The van der Waals surface area contributed by atoms with Crippen molar-refractivity contribution >= 4 is 27.3 Å². The van der Waals surface area contributed by atoms with Gasteiger partial charge >= 0.3 is 0 Å². The van der Waals surface area contributed by atoms with Crippen LogP contribution in [0.4, 0.5) is 5.69 Å². The molecule has 0 radical (unpaired) electrons. The molecule has 1 aromatic rings. The Hall–Kier alpha value is -0.690. The van der Waals surface area contributed by atoms with Crippen molar-refractivity contribution in [2.24, 2.45) is 0 Å². The van der Waals surface area contributed by atoms with Crippen molar-refractivity contribution in [3.8, 4) is 0 Å².